The fourth-order valence-corrected chi connectivity index (χ4v) is 2.17. The number of ether oxygens (including phenoxy) is 1. The Labute approximate surface area is 119 Å². The van der Waals surface area contributed by atoms with Crippen molar-refractivity contribution in [3.63, 3.8) is 0 Å². The molecule has 0 fully saturated rings. The van der Waals surface area contributed by atoms with Crippen LogP contribution in [0.4, 0.5) is 4.39 Å². The predicted molar refractivity (Wildman–Crippen MR) is 79.0 cm³/mol. The molecule has 2 aromatic carbocycles. The molecule has 0 aliphatic heterocycles. The van der Waals surface area contributed by atoms with Gasteiger partial charge in [0.1, 0.15) is 5.82 Å². The van der Waals surface area contributed by atoms with E-state index in [9.17, 15) is 4.39 Å². The molecular formula is C17H20FNO. The van der Waals surface area contributed by atoms with Gasteiger partial charge in [-0.25, -0.2) is 4.39 Å². The van der Waals surface area contributed by atoms with Crippen LogP contribution in [0.25, 0.3) is 0 Å². The van der Waals surface area contributed by atoms with E-state index in [1.54, 1.807) is 13.2 Å². The number of benzene rings is 2. The van der Waals surface area contributed by atoms with Crippen LogP contribution in [0, 0.1) is 5.82 Å². The Morgan fingerprint density at radius 3 is 2.30 bits per heavy atom. The van der Waals surface area contributed by atoms with Crippen LogP contribution in [0.1, 0.15) is 16.7 Å². The third-order valence-corrected chi connectivity index (χ3v) is 3.26. The van der Waals surface area contributed by atoms with Gasteiger partial charge in [-0.3, -0.25) is 0 Å². The Kier molecular flexibility index (Phi) is 5.71. The van der Waals surface area contributed by atoms with Gasteiger partial charge in [-0.05, 0) is 35.7 Å². The lowest BCUT2D eigenvalue weighted by Gasteiger charge is -2.10. The minimum atomic E-state index is -0.130. The smallest absolute Gasteiger partial charge is 0.126 e. The first kappa shape index (κ1) is 14.7. The molecule has 3 heteroatoms. The van der Waals surface area contributed by atoms with Gasteiger partial charge in [-0.1, -0.05) is 42.5 Å². The Bertz CT molecular complexity index is 542. The van der Waals surface area contributed by atoms with Crippen LogP contribution in [-0.4, -0.2) is 13.7 Å². The Hall–Kier alpha value is -1.71. The highest BCUT2D eigenvalue weighted by atomic mass is 19.1. The molecule has 0 heterocycles. The zero-order valence-corrected chi connectivity index (χ0v) is 11.7. The highest BCUT2D eigenvalue weighted by molar-refractivity contribution is 5.26. The van der Waals surface area contributed by atoms with Crippen molar-refractivity contribution in [3.8, 4) is 0 Å². The number of nitrogens with one attached hydrogen (secondary N) is 1. The zero-order valence-electron chi connectivity index (χ0n) is 11.7. The van der Waals surface area contributed by atoms with Gasteiger partial charge in [0.15, 0.2) is 0 Å². The molecule has 0 bridgehead atoms. The van der Waals surface area contributed by atoms with Gasteiger partial charge in [0.2, 0.25) is 0 Å². The number of hydrogen-bond donors (Lipinski definition) is 1. The standard InChI is InChI=1S/C17H20FNO/c1-20-13-16-8-3-2-7-15(16)12-19-11-10-14-6-4-5-9-17(14)18/h2-9,19H,10-13H2,1H3. The summed E-state index contributed by atoms with van der Waals surface area (Å²) in [5, 5.41) is 3.35. The normalized spacial score (nSPS) is 10.7. The Balaban J connectivity index is 1.83. The quantitative estimate of drug-likeness (QED) is 0.782. The lowest BCUT2D eigenvalue weighted by molar-refractivity contribution is 0.184. The number of hydrogen-bond acceptors (Lipinski definition) is 2. The summed E-state index contributed by atoms with van der Waals surface area (Å²) in [5.74, 6) is -0.130. The second-order valence-corrected chi connectivity index (χ2v) is 4.72. The van der Waals surface area contributed by atoms with Crippen molar-refractivity contribution in [2.75, 3.05) is 13.7 Å². The molecule has 20 heavy (non-hydrogen) atoms. The van der Waals surface area contributed by atoms with Crippen LogP contribution in [0.3, 0.4) is 0 Å². The molecule has 0 aliphatic carbocycles. The summed E-state index contributed by atoms with van der Waals surface area (Å²) < 4.78 is 18.6. The molecule has 1 N–H and O–H groups in total. The maximum atomic E-state index is 13.5. The largest absolute Gasteiger partial charge is 0.380 e. The van der Waals surface area contributed by atoms with Crippen molar-refractivity contribution in [1.29, 1.82) is 0 Å². The molecule has 0 radical (unpaired) electrons. The second-order valence-electron chi connectivity index (χ2n) is 4.72. The van der Waals surface area contributed by atoms with Crippen molar-refractivity contribution in [2.45, 2.75) is 19.6 Å². The van der Waals surface area contributed by atoms with Crippen molar-refractivity contribution in [3.05, 3.63) is 71.0 Å². The summed E-state index contributed by atoms with van der Waals surface area (Å²) >= 11 is 0. The molecule has 106 valence electrons. The van der Waals surface area contributed by atoms with Gasteiger partial charge in [-0.15, -0.1) is 0 Å². The van der Waals surface area contributed by atoms with E-state index in [0.717, 1.165) is 18.7 Å². The molecule has 0 spiro atoms. The van der Waals surface area contributed by atoms with Crippen LogP contribution in [0.15, 0.2) is 48.5 Å². The van der Waals surface area contributed by atoms with E-state index < -0.39 is 0 Å². The van der Waals surface area contributed by atoms with Crippen molar-refractivity contribution in [2.24, 2.45) is 0 Å². The minimum absolute atomic E-state index is 0.130. The van der Waals surface area contributed by atoms with E-state index in [4.69, 9.17) is 4.74 Å². The van der Waals surface area contributed by atoms with Gasteiger partial charge in [0, 0.05) is 13.7 Å². The first-order valence-corrected chi connectivity index (χ1v) is 6.81. The zero-order chi connectivity index (χ0) is 14.2. The minimum Gasteiger partial charge on any atom is -0.380 e. The molecule has 0 aliphatic rings. The van der Waals surface area contributed by atoms with E-state index in [2.05, 4.69) is 17.4 Å². The van der Waals surface area contributed by atoms with Crippen molar-refractivity contribution in [1.82, 2.24) is 5.32 Å². The monoisotopic (exact) mass is 273 g/mol. The van der Waals surface area contributed by atoms with Gasteiger partial charge in [0.05, 0.1) is 6.61 Å². The third-order valence-electron chi connectivity index (χ3n) is 3.26. The summed E-state index contributed by atoms with van der Waals surface area (Å²) in [6, 6.07) is 15.1. The van der Waals surface area contributed by atoms with E-state index in [-0.39, 0.29) is 5.82 Å². The summed E-state index contributed by atoms with van der Waals surface area (Å²) in [6.45, 7) is 2.14. The molecule has 2 nitrogen and oxygen atoms in total. The maximum Gasteiger partial charge on any atom is 0.126 e. The molecule has 0 saturated heterocycles. The van der Waals surface area contributed by atoms with Gasteiger partial charge >= 0.3 is 0 Å². The van der Waals surface area contributed by atoms with Crippen molar-refractivity contribution < 1.29 is 9.13 Å². The SMILES string of the molecule is COCc1ccccc1CNCCc1ccccc1F. The molecule has 0 unspecified atom stereocenters. The van der Waals surface area contributed by atoms with Crippen LogP contribution >= 0.6 is 0 Å². The summed E-state index contributed by atoms with van der Waals surface area (Å²) in [5.41, 5.74) is 3.17. The highest BCUT2D eigenvalue weighted by Crippen LogP contribution is 2.10. The second kappa shape index (κ2) is 7.78. The van der Waals surface area contributed by atoms with Gasteiger partial charge in [0.25, 0.3) is 0 Å². The number of rotatable bonds is 7. The fraction of sp³-hybridized carbons (Fsp3) is 0.294. The van der Waals surface area contributed by atoms with Crippen molar-refractivity contribution >= 4 is 0 Å². The first-order valence-electron chi connectivity index (χ1n) is 6.81. The average Bonchev–Trinajstić information content (AvgIpc) is 2.47. The van der Waals surface area contributed by atoms with E-state index in [1.165, 1.54) is 17.2 Å². The molecule has 0 atom stereocenters. The molecular weight excluding hydrogens is 253 g/mol. The maximum absolute atomic E-state index is 13.5. The summed E-state index contributed by atoms with van der Waals surface area (Å²) in [6.07, 6.45) is 0.694. The number of halogens is 1. The topological polar surface area (TPSA) is 21.3 Å². The molecule has 0 amide bonds. The first-order chi connectivity index (χ1) is 9.81. The van der Waals surface area contributed by atoms with Crippen LogP contribution in [0.5, 0.6) is 0 Å². The van der Waals surface area contributed by atoms with Gasteiger partial charge < -0.3 is 10.1 Å². The van der Waals surface area contributed by atoms with Crippen LogP contribution in [0.2, 0.25) is 0 Å². The Morgan fingerprint density at radius 2 is 1.60 bits per heavy atom. The molecule has 2 rings (SSSR count). The summed E-state index contributed by atoms with van der Waals surface area (Å²) in [7, 11) is 1.70. The lowest BCUT2D eigenvalue weighted by atomic mass is 10.1. The van der Waals surface area contributed by atoms with Gasteiger partial charge in [-0.2, -0.15) is 0 Å². The Morgan fingerprint density at radius 1 is 0.950 bits per heavy atom. The molecule has 0 saturated carbocycles. The van der Waals surface area contributed by atoms with E-state index in [1.807, 2.05) is 24.3 Å². The molecule has 2 aromatic rings. The predicted octanol–water partition coefficient (Wildman–Crippen LogP) is 3.30. The fourth-order valence-electron chi connectivity index (χ4n) is 2.17. The third kappa shape index (κ3) is 4.15. The highest BCUT2D eigenvalue weighted by Gasteiger charge is 2.02. The molecule has 0 aromatic heterocycles. The van der Waals surface area contributed by atoms with Crippen LogP contribution in [-0.2, 0) is 24.3 Å². The lowest BCUT2D eigenvalue weighted by Crippen LogP contribution is -2.18. The average molecular weight is 273 g/mol. The van der Waals surface area contributed by atoms with E-state index >= 15 is 0 Å². The summed E-state index contributed by atoms with van der Waals surface area (Å²) in [4.78, 5) is 0. The van der Waals surface area contributed by atoms with Crippen LogP contribution < -0.4 is 5.32 Å². The number of methoxy groups -OCH3 is 1. The van der Waals surface area contributed by atoms with E-state index in [0.29, 0.717) is 13.0 Å².